The van der Waals surface area contributed by atoms with Crippen LogP contribution in [0, 0.1) is 20.8 Å². The van der Waals surface area contributed by atoms with E-state index < -0.39 is 0 Å². The van der Waals surface area contributed by atoms with Crippen LogP contribution in [0.15, 0.2) is 24.5 Å². The summed E-state index contributed by atoms with van der Waals surface area (Å²) in [4.78, 5) is 4.49. The van der Waals surface area contributed by atoms with Crippen molar-refractivity contribution in [2.75, 3.05) is 0 Å². The molecule has 0 atom stereocenters. The molecule has 0 radical (unpaired) electrons. The summed E-state index contributed by atoms with van der Waals surface area (Å²) in [6, 6.07) is 6.48. The fourth-order valence-corrected chi connectivity index (χ4v) is 2.43. The number of nitrogens with zero attached hydrogens (tertiary/aromatic N) is 4. The molecule has 0 saturated carbocycles. The molecule has 1 aromatic carbocycles. The van der Waals surface area contributed by atoms with Crippen molar-refractivity contribution >= 4 is 11.0 Å². The van der Waals surface area contributed by atoms with Crippen molar-refractivity contribution in [3.8, 4) is 0 Å². The maximum atomic E-state index is 4.49. The Labute approximate surface area is 112 Å². The third-order valence-corrected chi connectivity index (χ3v) is 3.67. The normalized spacial score (nSPS) is 11.4. The highest BCUT2D eigenvalue weighted by atomic mass is 15.3. The molecule has 0 N–H and O–H groups in total. The van der Waals surface area contributed by atoms with Gasteiger partial charge >= 0.3 is 0 Å². The van der Waals surface area contributed by atoms with E-state index in [9.17, 15) is 0 Å². The minimum absolute atomic E-state index is 0.802. The number of hydrogen-bond acceptors (Lipinski definition) is 2. The highest BCUT2D eigenvalue weighted by Gasteiger charge is 2.08. The van der Waals surface area contributed by atoms with Gasteiger partial charge in [-0.3, -0.25) is 4.68 Å². The Morgan fingerprint density at radius 2 is 1.79 bits per heavy atom. The van der Waals surface area contributed by atoms with Gasteiger partial charge in [-0.05, 0) is 50.1 Å². The molecule has 0 unspecified atom stereocenters. The number of benzene rings is 1. The van der Waals surface area contributed by atoms with Crippen molar-refractivity contribution in [1.29, 1.82) is 0 Å². The third-order valence-electron chi connectivity index (χ3n) is 3.67. The van der Waals surface area contributed by atoms with Crippen molar-refractivity contribution in [2.45, 2.75) is 27.3 Å². The Kier molecular flexibility index (Phi) is 2.66. The van der Waals surface area contributed by atoms with Crippen LogP contribution in [0.1, 0.15) is 22.5 Å². The van der Waals surface area contributed by atoms with Crippen LogP contribution in [-0.4, -0.2) is 19.3 Å². The molecule has 2 heterocycles. The van der Waals surface area contributed by atoms with E-state index in [1.165, 1.54) is 22.3 Å². The second kappa shape index (κ2) is 4.23. The lowest BCUT2D eigenvalue weighted by Crippen LogP contribution is -2.04. The van der Waals surface area contributed by atoms with Gasteiger partial charge in [-0.2, -0.15) is 5.10 Å². The van der Waals surface area contributed by atoms with Gasteiger partial charge in [-0.25, -0.2) is 4.98 Å². The molecule has 0 bridgehead atoms. The summed E-state index contributed by atoms with van der Waals surface area (Å²) in [5, 5.41) is 4.39. The van der Waals surface area contributed by atoms with Crippen molar-refractivity contribution in [1.82, 2.24) is 19.3 Å². The van der Waals surface area contributed by atoms with E-state index in [1.54, 1.807) is 0 Å². The first-order chi connectivity index (χ1) is 9.04. The second-order valence-electron chi connectivity index (χ2n) is 5.20. The monoisotopic (exact) mass is 254 g/mol. The number of hydrogen-bond donors (Lipinski definition) is 0. The maximum Gasteiger partial charge on any atom is 0.0962 e. The van der Waals surface area contributed by atoms with Gasteiger partial charge in [-0.1, -0.05) is 0 Å². The van der Waals surface area contributed by atoms with E-state index in [0.717, 1.165) is 17.8 Å². The van der Waals surface area contributed by atoms with Gasteiger partial charge in [0, 0.05) is 7.05 Å². The fraction of sp³-hybridized carbons (Fsp3) is 0.333. The molecule has 4 heteroatoms. The standard InChI is InChI=1S/C15H18N4/c1-10-5-14-15(6-11(10)2)19(9-16-14)8-13-7-12(3)17-18(13)4/h5-7,9H,8H2,1-4H3. The van der Waals surface area contributed by atoms with Gasteiger partial charge in [0.05, 0.1) is 35.3 Å². The smallest absolute Gasteiger partial charge is 0.0962 e. The maximum absolute atomic E-state index is 4.49. The Morgan fingerprint density at radius 1 is 1.05 bits per heavy atom. The lowest BCUT2D eigenvalue weighted by Gasteiger charge is -2.06. The number of aromatic nitrogens is 4. The van der Waals surface area contributed by atoms with Crippen molar-refractivity contribution in [3.05, 3.63) is 47.0 Å². The number of fused-ring (bicyclic) bond motifs is 1. The first-order valence-corrected chi connectivity index (χ1v) is 6.46. The van der Waals surface area contributed by atoms with Crippen LogP contribution in [0.4, 0.5) is 0 Å². The van der Waals surface area contributed by atoms with E-state index in [-0.39, 0.29) is 0 Å². The van der Waals surface area contributed by atoms with Gasteiger partial charge in [0.1, 0.15) is 0 Å². The molecule has 4 nitrogen and oxygen atoms in total. The van der Waals surface area contributed by atoms with Crippen LogP contribution in [0.2, 0.25) is 0 Å². The zero-order valence-electron chi connectivity index (χ0n) is 11.8. The molecule has 0 aliphatic carbocycles. The summed E-state index contributed by atoms with van der Waals surface area (Å²) < 4.78 is 4.11. The minimum Gasteiger partial charge on any atom is -0.325 e. The molecule has 0 fully saturated rings. The lowest BCUT2D eigenvalue weighted by molar-refractivity contribution is 0.670. The topological polar surface area (TPSA) is 35.6 Å². The zero-order chi connectivity index (χ0) is 13.6. The van der Waals surface area contributed by atoms with Crippen molar-refractivity contribution in [2.24, 2.45) is 7.05 Å². The Bertz CT molecular complexity index is 749. The lowest BCUT2D eigenvalue weighted by atomic mass is 10.1. The fourth-order valence-electron chi connectivity index (χ4n) is 2.43. The van der Waals surface area contributed by atoms with Gasteiger partial charge < -0.3 is 4.57 Å². The molecular weight excluding hydrogens is 236 g/mol. The summed E-state index contributed by atoms with van der Waals surface area (Å²) in [5.74, 6) is 0. The van der Waals surface area contributed by atoms with Crippen molar-refractivity contribution < 1.29 is 0 Å². The summed E-state index contributed by atoms with van der Waals surface area (Å²) in [7, 11) is 1.98. The SMILES string of the molecule is Cc1cc(Cn2cnc3cc(C)c(C)cc32)n(C)n1. The first-order valence-electron chi connectivity index (χ1n) is 6.46. The molecule has 3 rings (SSSR count). The van der Waals surface area contributed by atoms with Gasteiger partial charge in [-0.15, -0.1) is 0 Å². The summed E-state index contributed by atoms with van der Waals surface area (Å²) in [6.07, 6.45) is 1.91. The van der Waals surface area contributed by atoms with Crippen LogP contribution in [0.25, 0.3) is 11.0 Å². The van der Waals surface area contributed by atoms with E-state index >= 15 is 0 Å². The molecule has 0 aliphatic heterocycles. The number of imidazole rings is 1. The summed E-state index contributed by atoms with van der Waals surface area (Å²) >= 11 is 0. The van der Waals surface area contributed by atoms with Crippen LogP contribution >= 0.6 is 0 Å². The molecule has 98 valence electrons. The molecule has 0 amide bonds. The molecular formula is C15H18N4. The molecule has 3 aromatic rings. The Balaban J connectivity index is 2.06. The second-order valence-corrected chi connectivity index (χ2v) is 5.20. The van der Waals surface area contributed by atoms with Crippen LogP contribution in [0.5, 0.6) is 0 Å². The molecule has 0 saturated heterocycles. The van der Waals surface area contributed by atoms with E-state index in [0.29, 0.717) is 0 Å². The van der Waals surface area contributed by atoms with Gasteiger partial charge in [0.15, 0.2) is 0 Å². The van der Waals surface area contributed by atoms with Crippen LogP contribution in [-0.2, 0) is 13.6 Å². The quantitative estimate of drug-likeness (QED) is 0.705. The predicted molar refractivity (Wildman–Crippen MR) is 76.3 cm³/mol. The van der Waals surface area contributed by atoms with E-state index in [1.807, 2.05) is 25.0 Å². The Morgan fingerprint density at radius 3 is 2.47 bits per heavy atom. The predicted octanol–water partition coefficient (Wildman–Crippen LogP) is 2.74. The number of rotatable bonds is 2. The molecule has 19 heavy (non-hydrogen) atoms. The average Bonchev–Trinajstić information content (AvgIpc) is 2.86. The van der Waals surface area contributed by atoms with E-state index in [4.69, 9.17) is 0 Å². The summed E-state index contributed by atoms with van der Waals surface area (Å²) in [5.41, 5.74) is 7.07. The van der Waals surface area contributed by atoms with Crippen LogP contribution < -0.4 is 0 Å². The van der Waals surface area contributed by atoms with Gasteiger partial charge in [0.25, 0.3) is 0 Å². The minimum atomic E-state index is 0.802. The summed E-state index contributed by atoms with van der Waals surface area (Å²) in [6.45, 7) is 7.08. The average molecular weight is 254 g/mol. The highest BCUT2D eigenvalue weighted by molar-refractivity contribution is 5.77. The molecule has 0 aliphatic rings. The molecule has 0 spiro atoms. The van der Waals surface area contributed by atoms with Crippen LogP contribution in [0.3, 0.4) is 0 Å². The molecule has 2 aromatic heterocycles. The number of aryl methyl sites for hydroxylation is 4. The third kappa shape index (κ3) is 2.03. The van der Waals surface area contributed by atoms with Gasteiger partial charge in [0.2, 0.25) is 0 Å². The highest BCUT2D eigenvalue weighted by Crippen LogP contribution is 2.19. The Hall–Kier alpha value is -2.10. The van der Waals surface area contributed by atoms with Crippen molar-refractivity contribution in [3.63, 3.8) is 0 Å². The zero-order valence-corrected chi connectivity index (χ0v) is 11.8. The largest absolute Gasteiger partial charge is 0.325 e. The van der Waals surface area contributed by atoms with E-state index in [2.05, 4.69) is 46.7 Å². The first kappa shape index (κ1) is 12.0.